The van der Waals surface area contributed by atoms with Crippen LogP contribution in [0.4, 0.5) is 5.69 Å². The van der Waals surface area contributed by atoms with Crippen LogP contribution in [0.15, 0.2) is 53.4 Å². The standard InChI is InChI=1S/C25H29N5O6S/c1-17-22(23(31)28-14-8-9-15-28)26-29(18-10-6-5-7-11-18)24(17)36-20-13-12-19(30(32)33)16-21(20)37(34,35)27-25(2,3)4/h5-7,10-13,16,27H,8-9,14-15H2,1-4H3. The van der Waals surface area contributed by atoms with Gasteiger partial charge in [0.05, 0.1) is 10.6 Å². The Morgan fingerprint density at radius 3 is 2.35 bits per heavy atom. The molecule has 0 unspecified atom stereocenters. The van der Waals surface area contributed by atoms with Crippen LogP contribution in [0, 0.1) is 17.0 Å². The highest BCUT2D eigenvalue weighted by Gasteiger charge is 2.31. The van der Waals surface area contributed by atoms with E-state index in [2.05, 4.69) is 9.82 Å². The second-order valence-corrected chi connectivity index (χ2v) is 11.5. The van der Waals surface area contributed by atoms with Crippen molar-refractivity contribution in [2.24, 2.45) is 0 Å². The van der Waals surface area contributed by atoms with Crippen molar-refractivity contribution in [3.05, 3.63) is 69.9 Å². The van der Waals surface area contributed by atoms with E-state index in [1.807, 2.05) is 6.07 Å². The maximum absolute atomic E-state index is 13.3. The third kappa shape index (κ3) is 5.65. The number of ether oxygens (including phenoxy) is 1. The first-order chi connectivity index (χ1) is 17.4. The molecule has 0 aliphatic carbocycles. The molecule has 1 aliphatic heterocycles. The van der Waals surface area contributed by atoms with Crippen LogP contribution in [0.5, 0.6) is 11.6 Å². The topological polar surface area (TPSA) is 137 Å². The molecule has 0 radical (unpaired) electrons. The number of nitrogens with one attached hydrogen (secondary N) is 1. The number of hydrogen-bond donors (Lipinski definition) is 1. The Kier molecular flexibility index (Phi) is 7.07. The van der Waals surface area contributed by atoms with E-state index in [1.165, 1.54) is 16.8 Å². The van der Waals surface area contributed by atoms with Crippen LogP contribution in [-0.2, 0) is 10.0 Å². The molecule has 1 saturated heterocycles. The second-order valence-electron chi connectivity index (χ2n) is 9.87. The number of carbonyl (C=O) groups excluding carboxylic acids is 1. The summed E-state index contributed by atoms with van der Waals surface area (Å²) in [5.74, 6) is -0.238. The number of non-ortho nitro benzene ring substituents is 1. The van der Waals surface area contributed by atoms with Gasteiger partial charge in [0.2, 0.25) is 15.9 Å². The predicted octanol–water partition coefficient (Wildman–Crippen LogP) is 4.19. The van der Waals surface area contributed by atoms with E-state index in [4.69, 9.17) is 4.74 Å². The fourth-order valence-electron chi connectivity index (χ4n) is 4.08. The summed E-state index contributed by atoms with van der Waals surface area (Å²) in [6, 6.07) is 12.3. The zero-order valence-electron chi connectivity index (χ0n) is 21.1. The Morgan fingerprint density at radius 2 is 1.76 bits per heavy atom. The smallest absolute Gasteiger partial charge is 0.274 e. The van der Waals surface area contributed by atoms with Crippen molar-refractivity contribution in [2.45, 2.75) is 51.0 Å². The number of rotatable bonds is 7. The van der Waals surface area contributed by atoms with Crippen molar-refractivity contribution in [2.75, 3.05) is 13.1 Å². The van der Waals surface area contributed by atoms with Gasteiger partial charge in [-0.2, -0.15) is 9.78 Å². The van der Waals surface area contributed by atoms with Gasteiger partial charge in [-0.25, -0.2) is 13.1 Å². The number of nitro groups is 1. The normalized spacial score (nSPS) is 14.1. The molecule has 37 heavy (non-hydrogen) atoms. The molecule has 12 heteroatoms. The third-order valence-corrected chi connectivity index (χ3v) is 7.52. The van der Waals surface area contributed by atoms with Crippen molar-refractivity contribution in [3.8, 4) is 17.3 Å². The Bertz CT molecular complexity index is 1440. The lowest BCUT2D eigenvalue weighted by molar-refractivity contribution is -0.385. The summed E-state index contributed by atoms with van der Waals surface area (Å²) < 4.78 is 36.6. The van der Waals surface area contributed by atoms with E-state index in [0.29, 0.717) is 24.3 Å². The highest BCUT2D eigenvalue weighted by Crippen LogP contribution is 2.36. The summed E-state index contributed by atoms with van der Waals surface area (Å²) >= 11 is 0. The summed E-state index contributed by atoms with van der Waals surface area (Å²) in [4.78, 5) is 25.3. The number of nitrogens with zero attached hydrogens (tertiary/aromatic N) is 4. The maximum Gasteiger partial charge on any atom is 0.274 e. The minimum Gasteiger partial charge on any atom is -0.437 e. The van der Waals surface area contributed by atoms with E-state index < -0.39 is 31.1 Å². The minimum absolute atomic E-state index is 0.134. The SMILES string of the molecule is Cc1c(C(=O)N2CCCC2)nn(-c2ccccc2)c1Oc1ccc([N+](=O)[O-])cc1S(=O)(=O)NC(C)(C)C. The number of aromatic nitrogens is 2. The molecule has 0 atom stereocenters. The lowest BCUT2D eigenvalue weighted by Gasteiger charge is -2.21. The molecule has 0 saturated carbocycles. The quantitative estimate of drug-likeness (QED) is 0.359. The highest BCUT2D eigenvalue weighted by molar-refractivity contribution is 7.89. The first-order valence-electron chi connectivity index (χ1n) is 11.8. The number of carbonyl (C=O) groups is 1. The highest BCUT2D eigenvalue weighted by atomic mass is 32.2. The van der Waals surface area contributed by atoms with Gasteiger partial charge >= 0.3 is 0 Å². The fraction of sp³-hybridized carbons (Fsp3) is 0.360. The van der Waals surface area contributed by atoms with Gasteiger partial charge < -0.3 is 9.64 Å². The largest absolute Gasteiger partial charge is 0.437 e. The summed E-state index contributed by atoms with van der Waals surface area (Å²) in [6.07, 6.45) is 1.83. The zero-order chi connectivity index (χ0) is 27.0. The summed E-state index contributed by atoms with van der Waals surface area (Å²) in [5.41, 5.74) is -0.0382. The van der Waals surface area contributed by atoms with Gasteiger partial charge in [0.1, 0.15) is 10.6 Å². The van der Waals surface area contributed by atoms with Gasteiger partial charge in [0.15, 0.2) is 5.69 Å². The Hall–Kier alpha value is -3.77. The van der Waals surface area contributed by atoms with Crippen LogP contribution in [0.3, 0.4) is 0 Å². The van der Waals surface area contributed by atoms with Crippen molar-refractivity contribution in [3.63, 3.8) is 0 Å². The van der Waals surface area contributed by atoms with Crippen LogP contribution >= 0.6 is 0 Å². The zero-order valence-corrected chi connectivity index (χ0v) is 21.9. The number of sulfonamides is 1. The average Bonchev–Trinajstić information content (AvgIpc) is 3.47. The van der Waals surface area contributed by atoms with Gasteiger partial charge in [-0.3, -0.25) is 14.9 Å². The van der Waals surface area contributed by atoms with Crippen LogP contribution in [-0.4, -0.2) is 52.6 Å². The Labute approximate surface area is 215 Å². The predicted molar refractivity (Wildman–Crippen MR) is 137 cm³/mol. The molecule has 2 aromatic carbocycles. The monoisotopic (exact) mass is 527 g/mol. The average molecular weight is 528 g/mol. The molecular formula is C25H29N5O6S. The lowest BCUT2D eigenvalue weighted by atomic mass is 10.1. The molecule has 1 amide bonds. The van der Waals surface area contributed by atoms with Crippen molar-refractivity contribution in [1.82, 2.24) is 19.4 Å². The Balaban J connectivity index is 1.86. The summed E-state index contributed by atoms with van der Waals surface area (Å²) in [6.45, 7) is 7.93. The van der Waals surface area contributed by atoms with Crippen molar-refractivity contribution >= 4 is 21.6 Å². The number of benzene rings is 2. The molecule has 4 rings (SSSR count). The molecule has 3 aromatic rings. The van der Waals surface area contributed by atoms with Crippen molar-refractivity contribution in [1.29, 1.82) is 0 Å². The number of hydrogen-bond acceptors (Lipinski definition) is 7. The Morgan fingerprint density at radius 1 is 1.11 bits per heavy atom. The van der Waals surface area contributed by atoms with Gasteiger partial charge in [-0.05, 0) is 58.7 Å². The molecule has 0 spiro atoms. The van der Waals surface area contributed by atoms with Gasteiger partial charge in [0, 0.05) is 36.3 Å². The second kappa shape index (κ2) is 9.94. The first kappa shape index (κ1) is 26.3. The van der Waals surface area contributed by atoms with Crippen LogP contribution in [0.1, 0.15) is 49.7 Å². The lowest BCUT2D eigenvalue weighted by Crippen LogP contribution is -2.40. The summed E-state index contributed by atoms with van der Waals surface area (Å²) in [5, 5.41) is 16.0. The van der Waals surface area contributed by atoms with Gasteiger partial charge in [-0.15, -0.1) is 0 Å². The van der Waals surface area contributed by atoms with Crippen LogP contribution in [0.2, 0.25) is 0 Å². The maximum atomic E-state index is 13.3. The van der Waals surface area contributed by atoms with E-state index >= 15 is 0 Å². The van der Waals surface area contributed by atoms with Crippen molar-refractivity contribution < 1.29 is 22.9 Å². The van der Waals surface area contributed by atoms with E-state index in [1.54, 1.807) is 56.9 Å². The summed E-state index contributed by atoms with van der Waals surface area (Å²) in [7, 11) is -4.22. The number of amides is 1. The number of nitro benzene ring substituents is 1. The molecule has 1 aliphatic rings. The van der Waals surface area contributed by atoms with Gasteiger partial charge in [0.25, 0.3) is 11.6 Å². The fourth-order valence-corrected chi connectivity index (χ4v) is 5.65. The molecule has 1 aromatic heterocycles. The van der Waals surface area contributed by atoms with Crippen LogP contribution in [0.25, 0.3) is 5.69 Å². The van der Waals surface area contributed by atoms with Gasteiger partial charge in [-0.1, -0.05) is 18.2 Å². The molecule has 1 N–H and O–H groups in total. The first-order valence-corrected chi connectivity index (χ1v) is 13.3. The molecule has 11 nitrogen and oxygen atoms in total. The molecule has 2 heterocycles. The number of para-hydroxylation sites is 1. The molecule has 0 bridgehead atoms. The van der Waals surface area contributed by atoms with E-state index in [-0.39, 0.29) is 23.2 Å². The van der Waals surface area contributed by atoms with E-state index in [9.17, 15) is 23.3 Å². The number of likely N-dealkylation sites (tertiary alicyclic amines) is 1. The third-order valence-electron chi connectivity index (χ3n) is 5.74. The van der Waals surface area contributed by atoms with Crippen LogP contribution < -0.4 is 9.46 Å². The molecule has 1 fully saturated rings. The molecular weight excluding hydrogens is 498 g/mol. The minimum atomic E-state index is -4.22. The molecule has 196 valence electrons. The van der Waals surface area contributed by atoms with E-state index in [0.717, 1.165) is 18.9 Å².